The zero-order valence-corrected chi connectivity index (χ0v) is 10.1. The summed E-state index contributed by atoms with van der Waals surface area (Å²) in [4.78, 5) is 12.1. The first kappa shape index (κ1) is 11.3. The lowest BCUT2D eigenvalue weighted by Crippen LogP contribution is -2.49. The van der Waals surface area contributed by atoms with Gasteiger partial charge in [0, 0.05) is 12.6 Å². The molecule has 4 heteroatoms. The Balaban J connectivity index is 1.89. The SMILES string of the molecule is CC1(C(=O)NC(CN)C2CC2)CCCS1. The third-order valence-electron chi connectivity index (χ3n) is 3.46. The Morgan fingerprint density at radius 3 is 2.87 bits per heavy atom. The molecule has 0 spiro atoms. The number of hydrogen-bond donors (Lipinski definition) is 2. The Kier molecular flexibility index (Phi) is 3.26. The molecule has 3 nitrogen and oxygen atoms in total. The molecule has 86 valence electrons. The summed E-state index contributed by atoms with van der Waals surface area (Å²) in [7, 11) is 0. The lowest BCUT2D eigenvalue weighted by atomic mass is 10.0. The Morgan fingerprint density at radius 2 is 2.40 bits per heavy atom. The highest BCUT2D eigenvalue weighted by atomic mass is 32.2. The second-order valence-corrected chi connectivity index (χ2v) is 6.43. The molecule has 2 unspecified atom stereocenters. The van der Waals surface area contributed by atoms with Crippen LogP contribution < -0.4 is 11.1 Å². The molecule has 1 saturated carbocycles. The largest absolute Gasteiger partial charge is 0.351 e. The number of nitrogens with one attached hydrogen (secondary N) is 1. The normalized spacial score (nSPS) is 32.7. The smallest absolute Gasteiger partial charge is 0.236 e. The molecule has 2 rings (SSSR count). The Bertz CT molecular complexity index is 247. The van der Waals surface area contributed by atoms with Gasteiger partial charge in [-0.05, 0) is 44.3 Å². The van der Waals surface area contributed by atoms with E-state index in [1.165, 1.54) is 12.8 Å². The molecule has 1 aliphatic carbocycles. The predicted molar refractivity (Wildman–Crippen MR) is 63.8 cm³/mol. The fraction of sp³-hybridized carbons (Fsp3) is 0.909. The predicted octanol–water partition coefficient (Wildman–Crippen LogP) is 1.13. The van der Waals surface area contributed by atoms with Crippen molar-refractivity contribution in [2.24, 2.45) is 11.7 Å². The van der Waals surface area contributed by atoms with Crippen molar-refractivity contribution in [3.8, 4) is 0 Å². The van der Waals surface area contributed by atoms with Gasteiger partial charge >= 0.3 is 0 Å². The molecule has 1 amide bonds. The topological polar surface area (TPSA) is 55.1 Å². The molecular formula is C11H20N2OS. The van der Waals surface area contributed by atoms with Crippen molar-refractivity contribution in [2.45, 2.75) is 43.4 Å². The summed E-state index contributed by atoms with van der Waals surface area (Å²) in [6.07, 6.45) is 4.62. The molecule has 0 aromatic rings. The number of carbonyl (C=O) groups is 1. The number of carbonyl (C=O) groups excluding carboxylic acids is 1. The standard InChI is InChI=1S/C11H20N2OS/c1-11(5-2-6-15-11)10(14)13-9(7-12)8-3-4-8/h8-9H,2-7,12H2,1H3,(H,13,14). The van der Waals surface area contributed by atoms with Crippen LogP contribution in [0.25, 0.3) is 0 Å². The molecule has 1 saturated heterocycles. The molecular weight excluding hydrogens is 208 g/mol. The zero-order valence-electron chi connectivity index (χ0n) is 9.29. The van der Waals surface area contributed by atoms with Gasteiger partial charge < -0.3 is 11.1 Å². The van der Waals surface area contributed by atoms with Crippen LogP contribution in [0.2, 0.25) is 0 Å². The minimum atomic E-state index is -0.192. The van der Waals surface area contributed by atoms with E-state index in [1.54, 1.807) is 11.8 Å². The van der Waals surface area contributed by atoms with Crippen LogP contribution in [0.15, 0.2) is 0 Å². The van der Waals surface area contributed by atoms with Gasteiger partial charge in [0.2, 0.25) is 5.91 Å². The van der Waals surface area contributed by atoms with E-state index in [2.05, 4.69) is 12.2 Å². The fourth-order valence-corrected chi connectivity index (χ4v) is 3.36. The van der Waals surface area contributed by atoms with Crippen molar-refractivity contribution >= 4 is 17.7 Å². The van der Waals surface area contributed by atoms with Crippen molar-refractivity contribution in [1.82, 2.24) is 5.32 Å². The second-order valence-electron chi connectivity index (χ2n) is 4.84. The molecule has 0 aromatic carbocycles. The first-order valence-electron chi connectivity index (χ1n) is 5.81. The van der Waals surface area contributed by atoms with Crippen molar-refractivity contribution in [1.29, 1.82) is 0 Å². The fourth-order valence-electron chi connectivity index (χ4n) is 2.15. The summed E-state index contributed by atoms with van der Waals surface area (Å²) >= 11 is 1.78. The number of amides is 1. The maximum Gasteiger partial charge on any atom is 0.236 e. The quantitative estimate of drug-likeness (QED) is 0.758. The van der Waals surface area contributed by atoms with E-state index in [-0.39, 0.29) is 16.7 Å². The lowest BCUT2D eigenvalue weighted by molar-refractivity contribution is -0.123. The van der Waals surface area contributed by atoms with Gasteiger partial charge in [-0.15, -0.1) is 11.8 Å². The van der Waals surface area contributed by atoms with Gasteiger partial charge in [-0.3, -0.25) is 4.79 Å². The first-order valence-corrected chi connectivity index (χ1v) is 6.79. The van der Waals surface area contributed by atoms with Crippen LogP contribution >= 0.6 is 11.8 Å². The van der Waals surface area contributed by atoms with Crippen LogP contribution in [-0.2, 0) is 4.79 Å². The molecule has 3 N–H and O–H groups in total. The summed E-state index contributed by atoms with van der Waals surface area (Å²) in [6.45, 7) is 2.64. The van der Waals surface area contributed by atoms with E-state index in [9.17, 15) is 4.79 Å². The van der Waals surface area contributed by atoms with E-state index in [1.807, 2.05) is 0 Å². The van der Waals surface area contributed by atoms with Crippen LogP contribution in [0.5, 0.6) is 0 Å². The van der Waals surface area contributed by atoms with Gasteiger partial charge in [-0.2, -0.15) is 0 Å². The Labute approximate surface area is 95.6 Å². The van der Waals surface area contributed by atoms with Gasteiger partial charge in [-0.25, -0.2) is 0 Å². The van der Waals surface area contributed by atoms with E-state index in [0.29, 0.717) is 12.5 Å². The summed E-state index contributed by atoms with van der Waals surface area (Å²) in [5, 5.41) is 3.13. The number of rotatable bonds is 4. The molecule has 1 aliphatic heterocycles. The van der Waals surface area contributed by atoms with Crippen molar-refractivity contribution in [3.05, 3.63) is 0 Å². The van der Waals surface area contributed by atoms with Crippen LogP contribution in [0.4, 0.5) is 0 Å². The van der Waals surface area contributed by atoms with Crippen molar-refractivity contribution in [2.75, 3.05) is 12.3 Å². The molecule has 2 atom stereocenters. The highest BCUT2D eigenvalue weighted by molar-refractivity contribution is 8.01. The van der Waals surface area contributed by atoms with E-state index in [4.69, 9.17) is 5.73 Å². The molecule has 1 heterocycles. The Morgan fingerprint density at radius 1 is 1.67 bits per heavy atom. The maximum absolute atomic E-state index is 12.1. The molecule has 2 aliphatic rings. The Hall–Kier alpha value is -0.220. The number of hydrogen-bond acceptors (Lipinski definition) is 3. The van der Waals surface area contributed by atoms with Gasteiger partial charge in [-0.1, -0.05) is 0 Å². The number of thioether (sulfide) groups is 1. The second kappa shape index (κ2) is 4.34. The van der Waals surface area contributed by atoms with Gasteiger partial charge in [0.05, 0.1) is 4.75 Å². The summed E-state index contributed by atoms with van der Waals surface area (Å²) in [5.41, 5.74) is 5.68. The average Bonchev–Trinajstić information content (AvgIpc) is 2.97. The van der Waals surface area contributed by atoms with Crippen LogP contribution in [0.1, 0.15) is 32.6 Å². The molecule has 2 fully saturated rings. The maximum atomic E-state index is 12.1. The molecule has 0 bridgehead atoms. The molecule has 0 radical (unpaired) electrons. The zero-order chi connectivity index (χ0) is 10.9. The summed E-state index contributed by atoms with van der Waals surface area (Å²) in [6, 6.07) is 0.218. The van der Waals surface area contributed by atoms with Gasteiger partial charge in [0.1, 0.15) is 0 Å². The third-order valence-corrected chi connectivity index (χ3v) is 4.98. The molecule has 0 aromatic heterocycles. The summed E-state index contributed by atoms with van der Waals surface area (Å²) in [5.74, 6) is 1.96. The minimum absolute atomic E-state index is 0.192. The first-order chi connectivity index (χ1) is 7.15. The van der Waals surface area contributed by atoms with Crippen LogP contribution in [0.3, 0.4) is 0 Å². The van der Waals surface area contributed by atoms with E-state index in [0.717, 1.165) is 18.6 Å². The van der Waals surface area contributed by atoms with Crippen LogP contribution in [-0.4, -0.2) is 29.0 Å². The van der Waals surface area contributed by atoms with Crippen molar-refractivity contribution in [3.63, 3.8) is 0 Å². The average molecular weight is 228 g/mol. The minimum Gasteiger partial charge on any atom is -0.351 e. The molecule has 15 heavy (non-hydrogen) atoms. The van der Waals surface area contributed by atoms with E-state index < -0.39 is 0 Å². The monoisotopic (exact) mass is 228 g/mol. The lowest BCUT2D eigenvalue weighted by Gasteiger charge is -2.25. The van der Waals surface area contributed by atoms with Crippen LogP contribution in [0, 0.1) is 5.92 Å². The van der Waals surface area contributed by atoms with E-state index >= 15 is 0 Å². The third kappa shape index (κ3) is 2.48. The van der Waals surface area contributed by atoms with Crippen molar-refractivity contribution < 1.29 is 4.79 Å². The highest BCUT2D eigenvalue weighted by Gasteiger charge is 2.40. The van der Waals surface area contributed by atoms with Gasteiger partial charge in [0.25, 0.3) is 0 Å². The number of nitrogens with two attached hydrogens (primary N) is 1. The van der Waals surface area contributed by atoms with Gasteiger partial charge in [0.15, 0.2) is 0 Å². The highest BCUT2D eigenvalue weighted by Crippen LogP contribution is 2.39. The summed E-state index contributed by atoms with van der Waals surface area (Å²) < 4.78 is -0.192.